The summed E-state index contributed by atoms with van der Waals surface area (Å²) in [6.07, 6.45) is 2.84. The van der Waals surface area contributed by atoms with E-state index in [4.69, 9.17) is 0 Å². The number of H-pyrrole nitrogens is 1. The van der Waals surface area contributed by atoms with Crippen molar-refractivity contribution in [3.8, 4) is 11.4 Å². The molecule has 2 aromatic carbocycles. The molecule has 0 saturated carbocycles. The number of pyridine rings is 1. The number of halogens is 1. The minimum absolute atomic E-state index is 0.152. The van der Waals surface area contributed by atoms with Crippen LogP contribution in [0.1, 0.15) is 18.4 Å². The number of hydrogen-bond acceptors (Lipinski definition) is 4. The van der Waals surface area contributed by atoms with Crippen LogP contribution in [0.4, 0.5) is 15.8 Å². The molecule has 0 aliphatic carbocycles. The molecule has 2 heterocycles. The number of benzene rings is 2. The summed E-state index contributed by atoms with van der Waals surface area (Å²) in [6.45, 7) is 0. The van der Waals surface area contributed by atoms with E-state index >= 15 is 0 Å². The Labute approximate surface area is 177 Å². The van der Waals surface area contributed by atoms with Gasteiger partial charge in [0.25, 0.3) is 5.69 Å². The second kappa shape index (κ2) is 8.74. The minimum atomic E-state index is -0.533. The van der Waals surface area contributed by atoms with Gasteiger partial charge in [-0.05, 0) is 54.8 Å². The lowest BCUT2D eigenvalue weighted by Crippen LogP contribution is -2.12. The van der Waals surface area contributed by atoms with E-state index in [-0.39, 0.29) is 29.5 Å². The summed E-state index contributed by atoms with van der Waals surface area (Å²) in [5, 5.41) is 14.5. The molecule has 0 radical (unpaired) electrons. The first-order chi connectivity index (χ1) is 15.0. The van der Waals surface area contributed by atoms with E-state index in [0.717, 1.165) is 27.9 Å². The molecular weight excluding hydrogens is 399 g/mol. The van der Waals surface area contributed by atoms with Crippen molar-refractivity contribution in [3.63, 3.8) is 0 Å². The molecule has 4 rings (SSSR count). The van der Waals surface area contributed by atoms with Crippen LogP contribution in [0, 0.1) is 15.9 Å². The standard InChI is InChI=1S/C23H19FN4O3/c24-15-11-12-18-17(14-15)16(23(27-18)20-8-3-4-13-25-20)6-5-10-22(29)26-19-7-1-2-9-21(19)28(30)31/h1-4,7-9,11-14,27H,5-6,10H2,(H,26,29). The first-order valence-electron chi connectivity index (χ1n) is 9.77. The Kier molecular flexibility index (Phi) is 5.70. The number of rotatable bonds is 7. The highest BCUT2D eigenvalue weighted by Crippen LogP contribution is 2.31. The number of aromatic nitrogens is 2. The van der Waals surface area contributed by atoms with Crippen LogP contribution < -0.4 is 5.32 Å². The van der Waals surface area contributed by atoms with Crippen LogP contribution in [0.25, 0.3) is 22.3 Å². The molecule has 7 nitrogen and oxygen atoms in total. The van der Waals surface area contributed by atoms with Crippen LogP contribution in [0.2, 0.25) is 0 Å². The van der Waals surface area contributed by atoms with E-state index in [9.17, 15) is 19.3 Å². The first-order valence-corrected chi connectivity index (χ1v) is 9.77. The van der Waals surface area contributed by atoms with E-state index < -0.39 is 4.92 Å². The lowest BCUT2D eigenvalue weighted by molar-refractivity contribution is -0.383. The maximum Gasteiger partial charge on any atom is 0.292 e. The second-order valence-electron chi connectivity index (χ2n) is 7.06. The third kappa shape index (κ3) is 4.42. The van der Waals surface area contributed by atoms with Crippen molar-refractivity contribution in [1.29, 1.82) is 0 Å². The van der Waals surface area contributed by atoms with Gasteiger partial charge in [-0.25, -0.2) is 4.39 Å². The van der Waals surface area contributed by atoms with Crippen molar-refractivity contribution in [2.75, 3.05) is 5.32 Å². The highest BCUT2D eigenvalue weighted by molar-refractivity contribution is 5.93. The Bertz CT molecular complexity index is 1250. The van der Waals surface area contributed by atoms with Gasteiger partial charge < -0.3 is 10.3 Å². The fraction of sp³-hybridized carbons (Fsp3) is 0.130. The Morgan fingerprint density at radius 1 is 1.13 bits per heavy atom. The fourth-order valence-corrected chi connectivity index (χ4v) is 3.59. The highest BCUT2D eigenvalue weighted by Gasteiger charge is 2.17. The van der Waals surface area contributed by atoms with Gasteiger partial charge in [-0.3, -0.25) is 19.9 Å². The van der Waals surface area contributed by atoms with Crippen molar-refractivity contribution in [3.05, 3.63) is 88.4 Å². The lowest BCUT2D eigenvalue weighted by atomic mass is 10.0. The van der Waals surface area contributed by atoms with Gasteiger partial charge in [0.05, 0.1) is 16.3 Å². The van der Waals surface area contributed by atoms with E-state index in [1.807, 2.05) is 18.2 Å². The van der Waals surface area contributed by atoms with Gasteiger partial charge in [0.15, 0.2) is 0 Å². The number of nitrogens with one attached hydrogen (secondary N) is 2. The average Bonchev–Trinajstić information content (AvgIpc) is 3.12. The third-order valence-corrected chi connectivity index (χ3v) is 4.99. The third-order valence-electron chi connectivity index (χ3n) is 4.99. The molecule has 0 atom stereocenters. The number of aromatic amines is 1. The number of hydrogen-bond donors (Lipinski definition) is 2. The van der Waals surface area contributed by atoms with Crippen molar-refractivity contribution in [2.45, 2.75) is 19.3 Å². The molecule has 0 aliphatic rings. The Hall–Kier alpha value is -4.07. The molecule has 31 heavy (non-hydrogen) atoms. The van der Waals surface area contributed by atoms with Crippen molar-refractivity contribution in [2.24, 2.45) is 0 Å². The van der Waals surface area contributed by atoms with Crippen molar-refractivity contribution < 1.29 is 14.1 Å². The van der Waals surface area contributed by atoms with Crippen molar-refractivity contribution >= 4 is 28.2 Å². The molecule has 156 valence electrons. The minimum Gasteiger partial charge on any atom is -0.353 e. The number of nitrogens with zero attached hydrogens (tertiary/aromatic N) is 2. The molecule has 0 saturated heterocycles. The Morgan fingerprint density at radius 2 is 1.94 bits per heavy atom. The summed E-state index contributed by atoms with van der Waals surface area (Å²) < 4.78 is 13.9. The largest absolute Gasteiger partial charge is 0.353 e. The number of fused-ring (bicyclic) bond motifs is 1. The van der Waals surface area contributed by atoms with Gasteiger partial charge in [0, 0.05) is 29.6 Å². The molecule has 8 heteroatoms. The van der Waals surface area contributed by atoms with Gasteiger partial charge in [0.2, 0.25) is 5.91 Å². The summed E-state index contributed by atoms with van der Waals surface area (Å²) in [7, 11) is 0. The molecule has 0 fully saturated rings. The zero-order valence-electron chi connectivity index (χ0n) is 16.5. The molecule has 0 unspecified atom stereocenters. The maximum absolute atomic E-state index is 13.9. The number of carbonyl (C=O) groups excluding carboxylic acids is 1. The molecule has 4 aromatic rings. The number of carbonyl (C=O) groups is 1. The summed E-state index contributed by atoms with van der Waals surface area (Å²) >= 11 is 0. The normalized spacial score (nSPS) is 10.9. The summed E-state index contributed by atoms with van der Waals surface area (Å²) in [4.78, 5) is 30.6. The van der Waals surface area contributed by atoms with Gasteiger partial charge in [-0.2, -0.15) is 0 Å². The van der Waals surface area contributed by atoms with Gasteiger partial charge >= 0.3 is 0 Å². The second-order valence-corrected chi connectivity index (χ2v) is 7.06. The maximum atomic E-state index is 13.9. The summed E-state index contributed by atoms with van der Waals surface area (Å²) in [5.74, 6) is -0.658. The Morgan fingerprint density at radius 3 is 2.71 bits per heavy atom. The molecule has 0 bridgehead atoms. The predicted molar refractivity (Wildman–Crippen MR) is 116 cm³/mol. The van der Waals surface area contributed by atoms with Crippen LogP contribution in [0.5, 0.6) is 0 Å². The number of nitro groups is 1. The first kappa shape index (κ1) is 20.2. The number of anilines is 1. The smallest absolute Gasteiger partial charge is 0.292 e. The topological polar surface area (TPSA) is 101 Å². The quantitative estimate of drug-likeness (QED) is 0.317. The van der Waals surface area contributed by atoms with Gasteiger partial charge in [0.1, 0.15) is 11.5 Å². The van der Waals surface area contributed by atoms with Crippen LogP contribution in [0.3, 0.4) is 0 Å². The molecular formula is C23H19FN4O3. The summed E-state index contributed by atoms with van der Waals surface area (Å²) in [5.41, 5.74) is 3.22. The Balaban J connectivity index is 1.52. The van der Waals surface area contributed by atoms with Gasteiger partial charge in [-0.1, -0.05) is 18.2 Å². The molecule has 0 aliphatic heterocycles. The van der Waals surface area contributed by atoms with Crippen LogP contribution in [-0.2, 0) is 11.2 Å². The number of aryl methyl sites for hydroxylation is 1. The van der Waals surface area contributed by atoms with Crippen LogP contribution in [-0.4, -0.2) is 20.8 Å². The van der Waals surface area contributed by atoms with Crippen molar-refractivity contribution in [1.82, 2.24) is 9.97 Å². The van der Waals surface area contributed by atoms with Crippen LogP contribution >= 0.6 is 0 Å². The van der Waals surface area contributed by atoms with E-state index in [0.29, 0.717) is 12.8 Å². The van der Waals surface area contributed by atoms with E-state index in [2.05, 4.69) is 15.3 Å². The predicted octanol–water partition coefficient (Wildman–Crippen LogP) is 5.24. The summed E-state index contributed by atoms with van der Waals surface area (Å²) in [6, 6.07) is 16.1. The zero-order chi connectivity index (χ0) is 21.8. The molecule has 1 amide bonds. The molecule has 2 aromatic heterocycles. The number of para-hydroxylation sites is 2. The monoisotopic (exact) mass is 418 g/mol. The molecule has 0 spiro atoms. The zero-order valence-corrected chi connectivity index (χ0v) is 16.5. The van der Waals surface area contributed by atoms with Crippen LogP contribution in [0.15, 0.2) is 66.9 Å². The number of amides is 1. The average molecular weight is 418 g/mol. The lowest BCUT2D eigenvalue weighted by Gasteiger charge is -2.07. The highest BCUT2D eigenvalue weighted by atomic mass is 19.1. The fourth-order valence-electron chi connectivity index (χ4n) is 3.59. The van der Waals surface area contributed by atoms with Gasteiger partial charge in [-0.15, -0.1) is 0 Å². The molecule has 2 N–H and O–H groups in total. The van der Waals surface area contributed by atoms with E-state index in [1.165, 1.54) is 24.3 Å². The SMILES string of the molecule is O=C(CCCc1c(-c2ccccn2)[nH]c2ccc(F)cc12)Nc1ccccc1[N+](=O)[O-]. The van der Waals surface area contributed by atoms with E-state index in [1.54, 1.807) is 24.4 Å². The number of nitro benzene ring substituents is 1.